The van der Waals surface area contributed by atoms with Crippen LogP contribution in [0.4, 0.5) is 13.2 Å². The molecule has 0 aromatic carbocycles. The fourth-order valence-corrected chi connectivity index (χ4v) is 2.07. The van der Waals surface area contributed by atoms with Crippen LogP contribution in [0.5, 0.6) is 0 Å². The van der Waals surface area contributed by atoms with E-state index in [4.69, 9.17) is 0 Å². The SMILES string of the molecule is C[Si](C)(C)c1cc(C(F)(F)F)ccn1. The first kappa shape index (κ1) is 11.2. The molecule has 0 atom stereocenters. The number of nitrogens with zero attached hydrogens (tertiary/aromatic N) is 1. The molecule has 1 heterocycles. The highest BCUT2D eigenvalue weighted by molar-refractivity contribution is 6.88. The predicted molar refractivity (Wildman–Crippen MR) is 52.2 cm³/mol. The van der Waals surface area contributed by atoms with Crippen LogP contribution >= 0.6 is 0 Å². The van der Waals surface area contributed by atoms with Gasteiger partial charge in [0.15, 0.2) is 0 Å². The van der Waals surface area contributed by atoms with Crippen LogP contribution in [0.25, 0.3) is 0 Å². The van der Waals surface area contributed by atoms with E-state index < -0.39 is 19.8 Å². The number of hydrogen-bond donors (Lipinski definition) is 0. The standard InChI is InChI=1S/C9H12F3NSi/c1-14(2,3)8-6-7(4-5-13-8)9(10,11)12/h4-6H,1-3H3. The number of rotatable bonds is 1. The van der Waals surface area contributed by atoms with Gasteiger partial charge in [-0.3, -0.25) is 4.98 Å². The maximum atomic E-state index is 12.3. The molecule has 5 heteroatoms. The van der Waals surface area contributed by atoms with Gasteiger partial charge in [0.05, 0.1) is 5.56 Å². The molecule has 0 aliphatic heterocycles. The zero-order valence-electron chi connectivity index (χ0n) is 8.31. The fourth-order valence-electron chi connectivity index (χ4n) is 1.02. The third-order valence-electron chi connectivity index (χ3n) is 1.86. The Kier molecular flexibility index (Phi) is 2.71. The van der Waals surface area contributed by atoms with Crippen LogP contribution in [0, 0.1) is 0 Å². The van der Waals surface area contributed by atoms with E-state index in [2.05, 4.69) is 4.98 Å². The molecule has 1 nitrogen and oxygen atoms in total. The van der Waals surface area contributed by atoms with Crippen LogP contribution in [0.15, 0.2) is 18.3 Å². The fraction of sp³-hybridized carbons (Fsp3) is 0.444. The van der Waals surface area contributed by atoms with E-state index >= 15 is 0 Å². The van der Waals surface area contributed by atoms with Crippen LogP contribution < -0.4 is 5.32 Å². The van der Waals surface area contributed by atoms with Gasteiger partial charge in [-0.25, -0.2) is 0 Å². The summed E-state index contributed by atoms with van der Waals surface area (Å²) in [7, 11) is -1.75. The molecule has 1 rings (SSSR count). The van der Waals surface area contributed by atoms with Crippen molar-refractivity contribution in [3.05, 3.63) is 23.9 Å². The van der Waals surface area contributed by atoms with Crippen LogP contribution in [-0.2, 0) is 6.18 Å². The molecule has 0 N–H and O–H groups in total. The van der Waals surface area contributed by atoms with Crippen molar-refractivity contribution >= 4 is 13.4 Å². The molecule has 0 spiro atoms. The third kappa shape index (κ3) is 2.57. The minimum Gasteiger partial charge on any atom is -0.266 e. The monoisotopic (exact) mass is 219 g/mol. The molecule has 0 radical (unpaired) electrons. The molecule has 14 heavy (non-hydrogen) atoms. The molecule has 0 unspecified atom stereocenters. The zero-order valence-corrected chi connectivity index (χ0v) is 9.31. The summed E-state index contributed by atoms with van der Waals surface area (Å²) >= 11 is 0. The summed E-state index contributed by atoms with van der Waals surface area (Å²) in [6, 6.07) is 2.16. The Morgan fingerprint density at radius 2 is 1.79 bits per heavy atom. The molecule has 78 valence electrons. The molecule has 0 bridgehead atoms. The summed E-state index contributed by atoms with van der Waals surface area (Å²) in [5, 5.41) is 0.590. The van der Waals surface area contributed by atoms with Crippen molar-refractivity contribution in [1.82, 2.24) is 4.98 Å². The van der Waals surface area contributed by atoms with E-state index in [9.17, 15) is 13.2 Å². The third-order valence-corrected chi connectivity index (χ3v) is 3.67. The van der Waals surface area contributed by atoms with Gasteiger partial charge in [0, 0.05) is 11.5 Å². The Labute approximate surface area is 82.0 Å². The van der Waals surface area contributed by atoms with Gasteiger partial charge < -0.3 is 0 Å². The van der Waals surface area contributed by atoms with Crippen molar-refractivity contribution in [3.63, 3.8) is 0 Å². The predicted octanol–water partition coefficient (Wildman–Crippen LogP) is 2.65. The van der Waals surface area contributed by atoms with Crippen molar-refractivity contribution in [2.24, 2.45) is 0 Å². The first-order chi connectivity index (χ1) is 6.21. The van der Waals surface area contributed by atoms with Gasteiger partial charge in [-0.15, -0.1) is 0 Å². The molecular weight excluding hydrogens is 207 g/mol. The Morgan fingerprint density at radius 1 is 1.21 bits per heavy atom. The van der Waals surface area contributed by atoms with Crippen molar-refractivity contribution in [3.8, 4) is 0 Å². The lowest BCUT2D eigenvalue weighted by Gasteiger charge is -2.16. The smallest absolute Gasteiger partial charge is 0.266 e. The number of pyridine rings is 1. The van der Waals surface area contributed by atoms with Crippen molar-refractivity contribution in [1.29, 1.82) is 0 Å². The lowest BCUT2D eigenvalue weighted by Crippen LogP contribution is -2.40. The second-order valence-electron chi connectivity index (χ2n) is 4.18. The van der Waals surface area contributed by atoms with E-state index in [1.54, 1.807) is 0 Å². The van der Waals surface area contributed by atoms with E-state index in [1.807, 2.05) is 19.6 Å². The van der Waals surface area contributed by atoms with Gasteiger partial charge in [-0.05, 0) is 12.1 Å². The van der Waals surface area contributed by atoms with Crippen LogP contribution in [0.2, 0.25) is 19.6 Å². The summed E-state index contributed by atoms with van der Waals surface area (Å²) in [4.78, 5) is 3.99. The van der Waals surface area contributed by atoms with Gasteiger partial charge in [-0.2, -0.15) is 13.2 Å². The largest absolute Gasteiger partial charge is 0.416 e. The molecule has 1 aromatic heterocycles. The lowest BCUT2D eigenvalue weighted by atomic mass is 10.3. The first-order valence-corrected chi connectivity index (χ1v) is 7.75. The highest BCUT2D eigenvalue weighted by Crippen LogP contribution is 2.28. The number of aromatic nitrogens is 1. The van der Waals surface area contributed by atoms with Crippen molar-refractivity contribution < 1.29 is 13.2 Å². The van der Waals surface area contributed by atoms with Gasteiger partial charge in [-0.1, -0.05) is 19.6 Å². The van der Waals surface area contributed by atoms with Crippen molar-refractivity contribution in [2.75, 3.05) is 0 Å². The van der Waals surface area contributed by atoms with Gasteiger partial charge >= 0.3 is 6.18 Å². The normalized spacial score (nSPS) is 13.0. The molecule has 0 aliphatic rings. The summed E-state index contributed by atoms with van der Waals surface area (Å²) in [6.45, 7) is 5.90. The highest BCUT2D eigenvalue weighted by Gasteiger charge is 2.32. The quantitative estimate of drug-likeness (QED) is 0.662. The summed E-state index contributed by atoms with van der Waals surface area (Å²) in [6.07, 6.45) is -3.03. The first-order valence-electron chi connectivity index (χ1n) is 4.25. The molecule has 0 aliphatic carbocycles. The minimum absolute atomic E-state index is 0.590. The number of halogens is 3. The number of hydrogen-bond acceptors (Lipinski definition) is 1. The lowest BCUT2D eigenvalue weighted by molar-refractivity contribution is -0.137. The Morgan fingerprint density at radius 3 is 2.21 bits per heavy atom. The second kappa shape index (κ2) is 3.38. The maximum absolute atomic E-state index is 12.3. The average molecular weight is 219 g/mol. The maximum Gasteiger partial charge on any atom is 0.416 e. The van der Waals surface area contributed by atoms with Gasteiger partial charge in [0.1, 0.15) is 8.07 Å². The van der Waals surface area contributed by atoms with E-state index in [0.717, 1.165) is 12.1 Å². The minimum atomic E-state index is -4.27. The van der Waals surface area contributed by atoms with Crippen LogP contribution in [-0.4, -0.2) is 13.1 Å². The Bertz CT molecular complexity index is 298. The topological polar surface area (TPSA) is 12.9 Å². The summed E-state index contributed by atoms with van der Waals surface area (Å²) in [5.41, 5.74) is -0.607. The van der Waals surface area contributed by atoms with E-state index in [-0.39, 0.29) is 0 Å². The average Bonchev–Trinajstić information content (AvgIpc) is 2.01. The van der Waals surface area contributed by atoms with Crippen LogP contribution in [0.3, 0.4) is 0 Å². The van der Waals surface area contributed by atoms with Gasteiger partial charge in [0.25, 0.3) is 0 Å². The zero-order chi connectivity index (χ0) is 11.0. The van der Waals surface area contributed by atoms with Crippen molar-refractivity contribution in [2.45, 2.75) is 25.8 Å². The molecule has 0 saturated heterocycles. The van der Waals surface area contributed by atoms with Gasteiger partial charge in [0.2, 0.25) is 0 Å². The second-order valence-corrected chi connectivity index (χ2v) is 9.19. The van der Waals surface area contributed by atoms with E-state index in [0.29, 0.717) is 5.32 Å². The highest BCUT2D eigenvalue weighted by atomic mass is 28.3. The summed E-state index contributed by atoms with van der Waals surface area (Å²) < 4.78 is 37.0. The Hall–Kier alpha value is -0.843. The Balaban J connectivity index is 3.15. The summed E-state index contributed by atoms with van der Waals surface area (Å²) in [5.74, 6) is 0. The van der Waals surface area contributed by atoms with E-state index in [1.165, 1.54) is 6.20 Å². The molecule has 0 saturated carbocycles. The molecular formula is C9H12F3NSi. The molecule has 0 amide bonds. The number of alkyl halides is 3. The molecule has 0 fully saturated rings. The molecule has 1 aromatic rings. The van der Waals surface area contributed by atoms with Crippen LogP contribution in [0.1, 0.15) is 5.56 Å².